The van der Waals surface area contributed by atoms with Crippen LogP contribution in [0.2, 0.25) is 0 Å². The Bertz CT molecular complexity index is 147. The first-order chi connectivity index (χ1) is 5.36. The average molecular weight is 176 g/mol. The maximum atomic E-state index is 5.61. The molecule has 1 heterocycles. The van der Waals surface area contributed by atoms with Crippen molar-refractivity contribution < 1.29 is 4.84 Å². The molecule has 0 N–H and O–H groups in total. The number of halogens is 1. The fraction of sp³-hybridized carbons (Fsp3) is 0.875. The number of hydrogen-bond acceptors (Lipinski definition) is 2. The van der Waals surface area contributed by atoms with Crippen LogP contribution in [0.1, 0.15) is 32.6 Å². The van der Waals surface area contributed by atoms with Gasteiger partial charge in [0.05, 0.1) is 11.6 Å². The molecule has 0 aromatic rings. The molecule has 1 aliphatic rings. The van der Waals surface area contributed by atoms with Crippen molar-refractivity contribution in [3.05, 3.63) is 0 Å². The van der Waals surface area contributed by atoms with Crippen LogP contribution < -0.4 is 0 Å². The van der Waals surface area contributed by atoms with Crippen LogP contribution in [0.5, 0.6) is 0 Å². The number of unbranched alkanes of at least 4 members (excludes halogenated alkanes) is 1. The third kappa shape index (κ3) is 2.70. The minimum Gasteiger partial charge on any atom is -0.391 e. The van der Waals surface area contributed by atoms with E-state index in [-0.39, 0.29) is 6.10 Å². The smallest absolute Gasteiger partial charge is 0.146 e. The van der Waals surface area contributed by atoms with Crippen LogP contribution in [0.4, 0.5) is 0 Å². The van der Waals surface area contributed by atoms with E-state index in [0.29, 0.717) is 5.88 Å². The first-order valence-corrected chi connectivity index (χ1v) is 4.67. The van der Waals surface area contributed by atoms with E-state index in [9.17, 15) is 0 Å². The lowest BCUT2D eigenvalue weighted by Crippen LogP contribution is -2.08. The van der Waals surface area contributed by atoms with Crippen molar-refractivity contribution >= 4 is 17.3 Å². The largest absolute Gasteiger partial charge is 0.391 e. The molecular weight excluding hydrogens is 162 g/mol. The standard InChI is InChI=1S/C8H14ClNO/c1-2-3-4-7-5-8(6-9)11-10-7/h8H,2-6H2,1H3. The van der Waals surface area contributed by atoms with E-state index in [4.69, 9.17) is 16.4 Å². The van der Waals surface area contributed by atoms with Crippen LogP contribution in [-0.2, 0) is 4.84 Å². The molecule has 1 rings (SSSR count). The van der Waals surface area contributed by atoms with Gasteiger partial charge in [-0.25, -0.2) is 0 Å². The van der Waals surface area contributed by atoms with Crippen molar-refractivity contribution in [3.63, 3.8) is 0 Å². The van der Waals surface area contributed by atoms with Gasteiger partial charge in [0.15, 0.2) is 0 Å². The fourth-order valence-corrected chi connectivity index (χ4v) is 1.26. The number of hydrogen-bond donors (Lipinski definition) is 0. The van der Waals surface area contributed by atoms with Crippen LogP contribution >= 0.6 is 11.6 Å². The van der Waals surface area contributed by atoms with Gasteiger partial charge in [-0.1, -0.05) is 18.5 Å². The second-order valence-corrected chi connectivity index (χ2v) is 3.16. The summed E-state index contributed by atoms with van der Waals surface area (Å²) in [5.41, 5.74) is 1.18. The highest BCUT2D eigenvalue weighted by atomic mass is 35.5. The van der Waals surface area contributed by atoms with Gasteiger partial charge in [-0.15, -0.1) is 11.6 Å². The molecule has 0 aromatic carbocycles. The second kappa shape index (κ2) is 4.60. The molecule has 11 heavy (non-hydrogen) atoms. The van der Waals surface area contributed by atoms with E-state index >= 15 is 0 Å². The van der Waals surface area contributed by atoms with Crippen LogP contribution in [0.3, 0.4) is 0 Å². The molecule has 64 valence electrons. The summed E-state index contributed by atoms with van der Waals surface area (Å²) in [7, 11) is 0. The summed E-state index contributed by atoms with van der Waals surface area (Å²) in [5.74, 6) is 0.555. The summed E-state index contributed by atoms with van der Waals surface area (Å²) < 4.78 is 0. The molecule has 0 radical (unpaired) electrons. The maximum Gasteiger partial charge on any atom is 0.146 e. The van der Waals surface area contributed by atoms with Gasteiger partial charge in [-0.2, -0.15) is 0 Å². The summed E-state index contributed by atoms with van der Waals surface area (Å²) in [6, 6.07) is 0. The normalized spacial score (nSPS) is 23.1. The molecule has 0 aromatic heterocycles. The van der Waals surface area contributed by atoms with Crippen molar-refractivity contribution in [1.82, 2.24) is 0 Å². The van der Waals surface area contributed by atoms with Gasteiger partial charge in [0.2, 0.25) is 0 Å². The number of alkyl halides is 1. The Morgan fingerprint density at radius 1 is 1.73 bits per heavy atom. The summed E-state index contributed by atoms with van der Waals surface area (Å²) >= 11 is 5.61. The maximum absolute atomic E-state index is 5.61. The molecule has 0 aliphatic carbocycles. The van der Waals surface area contributed by atoms with Crippen molar-refractivity contribution in [2.75, 3.05) is 5.88 Å². The van der Waals surface area contributed by atoms with Crippen molar-refractivity contribution in [2.24, 2.45) is 5.16 Å². The number of nitrogens with zero attached hydrogens (tertiary/aromatic N) is 1. The molecule has 3 heteroatoms. The minimum absolute atomic E-state index is 0.142. The molecule has 2 nitrogen and oxygen atoms in total. The Labute approximate surface area is 72.6 Å². The summed E-state index contributed by atoms with van der Waals surface area (Å²) in [4.78, 5) is 5.07. The van der Waals surface area contributed by atoms with Gasteiger partial charge in [0.25, 0.3) is 0 Å². The zero-order valence-electron chi connectivity index (χ0n) is 6.85. The van der Waals surface area contributed by atoms with Gasteiger partial charge in [0, 0.05) is 6.42 Å². The van der Waals surface area contributed by atoms with Gasteiger partial charge in [-0.3, -0.25) is 0 Å². The van der Waals surface area contributed by atoms with Gasteiger partial charge in [0.1, 0.15) is 6.10 Å². The van der Waals surface area contributed by atoms with Crippen molar-refractivity contribution in [1.29, 1.82) is 0 Å². The Morgan fingerprint density at radius 2 is 2.55 bits per heavy atom. The molecule has 0 fully saturated rings. The molecule has 0 saturated carbocycles. The Kier molecular flexibility index (Phi) is 3.70. The molecule has 1 aliphatic heterocycles. The molecular formula is C8H14ClNO. The molecule has 0 amide bonds. The Hall–Kier alpha value is -0.240. The highest BCUT2D eigenvalue weighted by molar-refractivity contribution is 6.18. The first-order valence-electron chi connectivity index (χ1n) is 4.14. The van der Waals surface area contributed by atoms with Gasteiger partial charge < -0.3 is 4.84 Å². The van der Waals surface area contributed by atoms with Crippen LogP contribution in [0.15, 0.2) is 5.16 Å². The molecule has 1 atom stereocenters. The summed E-state index contributed by atoms with van der Waals surface area (Å²) in [6.07, 6.45) is 4.57. The first kappa shape index (κ1) is 8.85. The zero-order valence-corrected chi connectivity index (χ0v) is 7.60. The van der Waals surface area contributed by atoms with Crippen LogP contribution in [0, 0.1) is 0 Å². The topological polar surface area (TPSA) is 21.6 Å². The zero-order chi connectivity index (χ0) is 8.10. The van der Waals surface area contributed by atoms with E-state index in [1.54, 1.807) is 0 Å². The monoisotopic (exact) mass is 175 g/mol. The third-order valence-electron chi connectivity index (χ3n) is 1.79. The predicted octanol–water partition coefficient (Wildman–Crippen LogP) is 2.56. The van der Waals surface area contributed by atoms with E-state index < -0.39 is 0 Å². The SMILES string of the molecule is CCCCC1=NOC(CCl)C1. The Balaban J connectivity index is 2.17. The highest BCUT2D eigenvalue weighted by Crippen LogP contribution is 2.15. The highest BCUT2D eigenvalue weighted by Gasteiger charge is 2.18. The van der Waals surface area contributed by atoms with E-state index in [1.165, 1.54) is 18.6 Å². The van der Waals surface area contributed by atoms with Crippen molar-refractivity contribution in [2.45, 2.75) is 38.7 Å². The Morgan fingerprint density at radius 3 is 3.09 bits per heavy atom. The quantitative estimate of drug-likeness (QED) is 0.602. The lowest BCUT2D eigenvalue weighted by Gasteiger charge is -2.00. The summed E-state index contributed by atoms with van der Waals surface area (Å²) in [6.45, 7) is 2.18. The average Bonchev–Trinajstić information content (AvgIpc) is 2.48. The lowest BCUT2D eigenvalue weighted by atomic mass is 10.1. The minimum atomic E-state index is 0.142. The number of rotatable bonds is 4. The van der Waals surface area contributed by atoms with E-state index in [0.717, 1.165) is 12.8 Å². The van der Waals surface area contributed by atoms with Gasteiger partial charge in [-0.05, 0) is 12.8 Å². The molecule has 0 bridgehead atoms. The lowest BCUT2D eigenvalue weighted by molar-refractivity contribution is 0.102. The predicted molar refractivity (Wildman–Crippen MR) is 47.2 cm³/mol. The molecule has 1 unspecified atom stereocenters. The van der Waals surface area contributed by atoms with E-state index in [1.807, 2.05) is 0 Å². The van der Waals surface area contributed by atoms with Crippen LogP contribution in [-0.4, -0.2) is 17.7 Å². The third-order valence-corrected chi connectivity index (χ3v) is 2.13. The number of oxime groups is 1. The molecule has 0 saturated heterocycles. The van der Waals surface area contributed by atoms with E-state index in [2.05, 4.69) is 12.1 Å². The second-order valence-electron chi connectivity index (χ2n) is 2.85. The van der Waals surface area contributed by atoms with Crippen LogP contribution in [0.25, 0.3) is 0 Å². The summed E-state index contributed by atoms with van der Waals surface area (Å²) in [5, 5.41) is 3.96. The molecule has 0 spiro atoms. The van der Waals surface area contributed by atoms with Crippen molar-refractivity contribution in [3.8, 4) is 0 Å². The van der Waals surface area contributed by atoms with Gasteiger partial charge >= 0.3 is 0 Å². The fourth-order valence-electron chi connectivity index (χ4n) is 1.10.